The standard InChI is InChI=1S/C18H30N2O2/c1-17(2,3)15(21)19-4-5-20-16(22)18-9-12-6-13(10-18)8-14(7-12)11-18/h12-14H,4-11H2,1-3H3,(H,19,21)(H,20,22). The van der Waals surface area contributed by atoms with Gasteiger partial charge in [-0.15, -0.1) is 0 Å². The van der Waals surface area contributed by atoms with Crippen molar-refractivity contribution in [3.8, 4) is 0 Å². The van der Waals surface area contributed by atoms with Gasteiger partial charge in [-0.1, -0.05) is 20.8 Å². The van der Waals surface area contributed by atoms with Crippen LogP contribution >= 0.6 is 0 Å². The average Bonchev–Trinajstić information content (AvgIpc) is 2.40. The quantitative estimate of drug-likeness (QED) is 0.784. The van der Waals surface area contributed by atoms with E-state index in [9.17, 15) is 9.59 Å². The van der Waals surface area contributed by atoms with Crippen molar-refractivity contribution in [1.29, 1.82) is 0 Å². The van der Waals surface area contributed by atoms with Crippen LogP contribution < -0.4 is 10.6 Å². The van der Waals surface area contributed by atoms with E-state index in [1.54, 1.807) is 0 Å². The average molecular weight is 306 g/mol. The Morgan fingerprint density at radius 2 is 1.36 bits per heavy atom. The summed E-state index contributed by atoms with van der Waals surface area (Å²) in [4.78, 5) is 24.5. The Labute approximate surface area is 133 Å². The minimum Gasteiger partial charge on any atom is -0.354 e. The van der Waals surface area contributed by atoms with Crippen molar-refractivity contribution >= 4 is 11.8 Å². The Morgan fingerprint density at radius 1 is 0.909 bits per heavy atom. The molecule has 0 radical (unpaired) electrons. The molecule has 4 nitrogen and oxygen atoms in total. The van der Waals surface area contributed by atoms with Gasteiger partial charge in [0.1, 0.15) is 0 Å². The summed E-state index contributed by atoms with van der Waals surface area (Å²) in [7, 11) is 0. The zero-order valence-corrected chi connectivity index (χ0v) is 14.2. The van der Waals surface area contributed by atoms with E-state index in [1.165, 1.54) is 19.3 Å². The Hall–Kier alpha value is -1.06. The third-order valence-electron chi connectivity index (χ3n) is 5.90. The monoisotopic (exact) mass is 306 g/mol. The summed E-state index contributed by atoms with van der Waals surface area (Å²) in [5.74, 6) is 2.65. The maximum absolute atomic E-state index is 12.7. The second-order valence-electron chi connectivity index (χ2n) is 8.96. The molecule has 4 rings (SSSR count). The highest BCUT2D eigenvalue weighted by Gasteiger charge is 2.54. The van der Waals surface area contributed by atoms with E-state index in [0.717, 1.165) is 37.0 Å². The lowest BCUT2D eigenvalue weighted by atomic mass is 9.49. The van der Waals surface area contributed by atoms with Gasteiger partial charge in [0.25, 0.3) is 0 Å². The van der Waals surface area contributed by atoms with Crippen molar-refractivity contribution in [1.82, 2.24) is 10.6 Å². The summed E-state index contributed by atoms with van der Waals surface area (Å²) in [6, 6.07) is 0. The fourth-order valence-corrected chi connectivity index (χ4v) is 5.19. The molecule has 4 fully saturated rings. The highest BCUT2D eigenvalue weighted by Crippen LogP contribution is 2.60. The lowest BCUT2D eigenvalue weighted by Gasteiger charge is -2.55. The van der Waals surface area contributed by atoms with Crippen LogP contribution in [0, 0.1) is 28.6 Å². The molecule has 0 aromatic rings. The van der Waals surface area contributed by atoms with Crippen LogP contribution in [0.25, 0.3) is 0 Å². The van der Waals surface area contributed by atoms with Gasteiger partial charge in [0.15, 0.2) is 0 Å². The molecule has 4 aliphatic rings. The van der Waals surface area contributed by atoms with Crippen LogP contribution in [-0.2, 0) is 9.59 Å². The van der Waals surface area contributed by atoms with E-state index >= 15 is 0 Å². The maximum Gasteiger partial charge on any atom is 0.226 e. The summed E-state index contributed by atoms with van der Waals surface area (Å²) in [5, 5.41) is 5.99. The predicted molar refractivity (Wildman–Crippen MR) is 86.1 cm³/mol. The Morgan fingerprint density at radius 3 is 1.82 bits per heavy atom. The predicted octanol–water partition coefficient (Wildman–Crippen LogP) is 2.48. The molecule has 4 bridgehead atoms. The SMILES string of the molecule is CC(C)(C)C(=O)NCCNC(=O)C12CC3CC(CC(C3)C1)C2. The number of rotatable bonds is 4. The zero-order chi connectivity index (χ0) is 16.0. The number of hydrogen-bond donors (Lipinski definition) is 2. The first kappa shape index (κ1) is 15.8. The van der Waals surface area contributed by atoms with Crippen LogP contribution in [0.3, 0.4) is 0 Å². The molecule has 2 amide bonds. The van der Waals surface area contributed by atoms with Crippen molar-refractivity contribution in [3.63, 3.8) is 0 Å². The van der Waals surface area contributed by atoms with Gasteiger partial charge in [0, 0.05) is 23.9 Å². The van der Waals surface area contributed by atoms with Crippen molar-refractivity contribution < 1.29 is 9.59 Å². The van der Waals surface area contributed by atoms with Crippen LogP contribution in [0.15, 0.2) is 0 Å². The zero-order valence-electron chi connectivity index (χ0n) is 14.2. The molecule has 0 aliphatic heterocycles. The molecule has 22 heavy (non-hydrogen) atoms. The van der Waals surface area contributed by atoms with E-state index in [-0.39, 0.29) is 22.6 Å². The van der Waals surface area contributed by atoms with Crippen molar-refractivity contribution in [3.05, 3.63) is 0 Å². The number of hydrogen-bond acceptors (Lipinski definition) is 2. The lowest BCUT2D eigenvalue weighted by Crippen LogP contribution is -2.54. The molecule has 0 spiro atoms. The molecule has 4 heteroatoms. The number of amides is 2. The summed E-state index contributed by atoms with van der Waals surface area (Å²) in [5.41, 5.74) is -0.452. The number of carbonyl (C=O) groups is 2. The normalized spacial score (nSPS) is 36.2. The Balaban J connectivity index is 1.48. The molecular weight excluding hydrogens is 276 g/mol. The molecule has 0 saturated heterocycles. The summed E-state index contributed by atoms with van der Waals surface area (Å²) in [6.45, 7) is 6.76. The summed E-state index contributed by atoms with van der Waals surface area (Å²) >= 11 is 0. The molecule has 0 unspecified atom stereocenters. The van der Waals surface area contributed by atoms with Crippen LogP contribution in [0.2, 0.25) is 0 Å². The van der Waals surface area contributed by atoms with Gasteiger partial charge < -0.3 is 10.6 Å². The van der Waals surface area contributed by atoms with Gasteiger partial charge in [-0.3, -0.25) is 9.59 Å². The number of carbonyl (C=O) groups excluding carboxylic acids is 2. The van der Waals surface area contributed by atoms with E-state index < -0.39 is 0 Å². The maximum atomic E-state index is 12.7. The van der Waals surface area contributed by atoms with E-state index in [2.05, 4.69) is 10.6 Å². The second kappa shape index (κ2) is 5.54. The first-order chi connectivity index (χ1) is 10.3. The van der Waals surface area contributed by atoms with Gasteiger partial charge in [0.2, 0.25) is 11.8 Å². The van der Waals surface area contributed by atoms with Crippen LogP contribution in [0.1, 0.15) is 59.3 Å². The summed E-state index contributed by atoms with van der Waals surface area (Å²) in [6.07, 6.45) is 7.36. The molecule has 0 atom stereocenters. The molecule has 2 N–H and O–H groups in total. The molecular formula is C18H30N2O2. The first-order valence-electron chi connectivity index (χ1n) is 8.85. The second-order valence-corrected chi connectivity index (χ2v) is 8.96. The van der Waals surface area contributed by atoms with Gasteiger partial charge in [0.05, 0.1) is 0 Å². The largest absolute Gasteiger partial charge is 0.354 e. The highest BCUT2D eigenvalue weighted by atomic mass is 16.2. The topological polar surface area (TPSA) is 58.2 Å². The van der Waals surface area contributed by atoms with Crippen LogP contribution in [0.4, 0.5) is 0 Å². The van der Waals surface area contributed by atoms with Gasteiger partial charge in [-0.2, -0.15) is 0 Å². The summed E-state index contributed by atoms with van der Waals surface area (Å²) < 4.78 is 0. The molecule has 124 valence electrons. The fraction of sp³-hybridized carbons (Fsp3) is 0.889. The Bertz CT molecular complexity index is 429. The minimum atomic E-state index is -0.371. The fourth-order valence-electron chi connectivity index (χ4n) is 5.19. The third kappa shape index (κ3) is 3.02. The minimum absolute atomic E-state index is 0.0385. The molecule has 4 aliphatic carbocycles. The van der Waals surface area contributed by atoms with Crippen LogP contribution in [0.5, 0.6) is 0 Å². The van der Waals surface area contributed by atoms with Gasteiger partial charge in [-0.25, -0.2) is 0 Å². The molecule has 0 aromatic carbocycles. The first-order valence-corrected chi connectivity index (χ1v) is 8.85. The molecule has 4 saturated carbocycles. The van der Waals surface area contributed by atoms with Crippen molar-refractivity contribution in [2.24, 2.45) is 28.6 Å². The smallest absolute Gasteiger partial charge is 0.226 e. The Kier molecular flexibility index (Phi) is 3.98. The molecule has 0 heterocycles. The van der Waals surface area contributed by atoms with Gasteiger partial charge >= 0.3 is 0 Å². The highest BCUT2D eigenvalue weighted by molar-refractivity contribution is 5.83. The third-order valence-corrected chi connectivity index (χ3v) is 5.90. The van der Waals surface area contributed by atoms with Crippen LogP contribution in [-0.4, -0.2) is 24.9 Å². The van der Waals surface area contributed by atoms with Gasteiger partial charge in [-0.05, 0) is 56.3 Å². The number of nitrogens with one attached hydrogen (secondary N) is 2. The van der Waals surface area contributed by atoms with Crippen molar-refractivity contribution in [2.45, 2.75) is 59.3 Å². The van der Waals surface area contributed by atoms with E-state index in [0.29, 0.717) is 13.1 Å². The van der Waals surface area contributed by atoms with E-state index in [1.807, 2.05) is 20.8 Å². The van der Waals surface area contributed by atoms with E-state index in [4.69, 9.17) is 0 Å². The molecule has 0 aromatic heterocycles. The lowest BCUT2D eigenvalue weighted by molar-refractivity contribution is -0.146. The van der Waals surface area contributed by atoms with Crippen molar-refractivity contribution in [2.75, 3.05) is 13.1 Å².